The molecular formula is C32H48N4O8. The Morgan fingerprint density at radius 2 is 1.84 bits per heavy atom. The summed E-state index contributed by atoms with van der Waals surface area (Å²) in [7, 11) is 6.74. The first-order chi connectivity index (χ1) is 20.7. The number of nitrogens with one attached hydrogen (secondary N) is 2. The fraction of sp³-hybridized carbons (Fsp3) is 0.562. The number of allylic oxidation sites excluding steroid dienone is 4. The third kappa shape index (κ3) is 10.3. The smallest absolute Gasteiger partial charge is 0.405 e. The summed E-state index contributed by atoms with van der Waals surface area (Å²) in [4.78, 5) is 53.7. The number of carbonyl (C=O) groups is 4. The highest BCUT2D eigenvalue weighted by atomic mass is 16.6. The first-order valence-electron chi connectivity index (χ1n) is 14.7. The third-order valence-electron chi connectivity index (χ3n) is 7.65. The summed E-state index contributed by atoms with van der Waals surface area (Å²) in [5, 5.41) is 17.0. The number of fused-ring (bicyclic) bond motifs is 2. The van der Waals surface area contributed by atoms with Crippen LogP contribution in [-0.2, 0) is 28.6 Å². The van der Waals surface area contributed by atoms with E-state index in [9.17, 15) is 24.3 Å². The van der Waals surface area contributed by atoms with E-state index in [2.05, 4.69) is 10.6 Å². The number of primary amides is 1. The topological polar surface area (TPSA) is 170 Å². The molecule has 6 unspecified atom stereocenters. The van der Waals surface area contributed by atoms with Crippen LogP contribution in [0, 0.1) is 11.8 Å². The summed E-state index contributed by atoms with van der Waals surface area (Å²) in [6.07, 6.45) is 3.88. The number of nitrogens with two attached hydrogens (primary N) is 1. The molecule has 1 heterocycles. The van der Waals surface area contributed by atoms with Crippen molar-refractivity contribution in [2.24, 2.45) is 17.6 Å². The normalized spacial score (nSPS) is 28.6. The fourth-order valence-corrected chi connectivity index (χ4v) is 5.18. The van der Waals surface area contributed by atoms with Crippen LogP contribution < -0.4 is 16.4 Å². The molecule has 2 aliphatic rings. The van der Waals surface area contributed by atoms with Crippen LogP contribution in [0.4, 0.5) is 4.79 Å². The number of rotatable bonds is 7. The average molecular weight is 617 g/mol. The molecule has 0 radical (unpaired) electrons. The Bertz CT molecular complexity index is 1230. The van der Waals surface area contributed by atoms with Crippen molar-refractivity contribution < 1.29 is 38.5 Å². The van der Waals surface area contributed by atoms with Crippen molar-refractivity contribution in [1.82, 2.24) is 15.5 Å². The quantitative estimate of drug-likeness (QED) is 0.245. The molecule has 0 spiro atoms. The van der Waals surface area contributed by atoms with Crippen LogP contribution in [0.25, 0.3) is 0 Å². The molecule has 0 aromatic rings. The maximum Gasteiger partial charge on any atom is 0.405 e. The number of carbonyl (C=O) groups excluding carboxylic acids is 4. The molecule has 244 valence electrons. The Kier molecular flexibility index (Phi) is 14.2. The molecule has 2 bridgehead atoms. The van der Waals surface area contributed by atoms with E-state index in [0.717, 1.165) is 6.08 Å². The minimum Gasteiger partial charge on any atom is -0.439 e. The fourth-order valence-electron chi connectivity index (χ4n) is 5.18. The summed E-state index contributed by atoms with van der Waals surface area (Å²) in [6, 6.07) is 0. The molecule has 0 aromatic heterocycles. The molecule has 12 heteroatoms. The summed E-state index contributed by atoms with van der Waals surface area (Å²) < 4.78 is 16.6. The summed E-state index contributed by atoms with van der Waals surface area (Å²) in [6.45, 7) is 8.09. The Morgan fingerprint density at radius 1 is 1.16 bits per heavy atom. The van der Waals surface area contributed by atoms with Gasteiger partial charge in [0.05, 0.1) is 23.6 Å². The lowest BCUT2D eigenvalue weighted by Crippen LogP contribution is -2.38. The largest absolute Gasteiger partial charge is 0.439 e. The van der Waals surface area contributed by atoms with Crippen molar-refractivity contribution in [2.45, 2.75) is 65.0 Å². The van der Waals surface area contributed by atoms with Gasteiger partial charge in [-0.3, -0.25) is 14.4 Å². The number of Topliss-reactive ketones (excluding diaryl/α,β-unsaturated/α-hetero) is 1. The first kappa shape index (κ1) is 36.6. The lowest BCUT2D eigenvalue weighted by molar-refractivity contribution is -0.120. The Balaban J connectivity index is 2.60. The van der Waals surface area contributed by atoms with Crippen LogP contribution in [0.5, 0.6) is 0 Å². The number of methoxy groups -OCH3 is 2. The minimum atomic E-state index is -0.997. The predicted molar refractivity (Wildman–Crippen MR) is 166 cm³/mol. The molecule has 0 aromatic carbocycles. The van der Waals surface area contributed by atoms with E-state index in [4.69, 9.17) is 19.9 Å². The highest BCUT2D eigenvalue weighted by molar-refractivity contribution is 6.23. The number of hydrogen-bond donors (Lipinski definition) is 4. The van der Waals surface area contributed by atoms with Crippen molar-refractivity contribution in [3.63, 3.8) is 0 Å². The van der Waals surface area contributed by atoms with Crippen molar-refractivity contribution >= 4 is 23.6 Å². The van der Waals surface area contributed by atoms with E-state index in [0.29, 0.717) is 25.1 Å². The molecular weight excluding hydrogens is 568 g/mol. The van der Waals surface area contributed by atoms with E-state index in [1.807, 2.05) is 32.8 Å². The van der Waals surface area contributed by atoms with Crippen molar-refractivity contribution in [3.05, 3.63) is 58.5 Å². The van der Waals surface area contributed by atoms with Gasteiger partial charge in [0.15, 0.2) is 6.10 Å². The Morgan fingerprint density at radius 3 is 2.43 bits per heavy atom. The average Bonchev–Trinajstić information content (AvgIpc) is 2.95. The zero-order valence-electron chi connectivity index (χ0n) is 27.0. The van der Waals surface area contributed by atoms with E-state index in [-0.39, 0.29) is 34.9 Å². The molecule has 0 saturated carbocycles. The van der Waals surface area contributed by atoms with Crippen molar-refractivity contribution in [2.75, 3.05) is 41.4 Å². The lowest BCUT2D eigenvalue weighted by Gasteiger charge is -2.30. The number of nitrogens with zero attached hydrogens (tertiary/aromatic N) is 1. The van der Waals surface area contributed by atoms with Crippen LogP contribution in [0.15, 0.2) is 58.5 Å². The van der Waals surface area contributed by atoms with Gasteiger partial charge in [-0.05, 0) is 52.3 Å². The molecule has 1 aliphatic heterocycles. The van der Waals surface area contributed by atoms with Gasteiger partial charge in [-0.15, -0.1) is 0 Å². The molecule has 44 heavy (non-hydrogen) atoms. The number of aliphatic hydroxyl groups is 1. The molecule has 6 atom stereocenters. The van der Waals surface area contributed by atoms with Crippen LogP contribution in [0.2, 0.25) is 0 Å². The molecule has 0 saturated heterocycles. The zero-order valence-corrected chi connectivity index (χ0v) is 27.0. The van der Waals surface area contributed by atoms with Gasteiger partial charge < -0.3 is 40.6 Å². The highest BCUT2D eigenvalue weighted by Gasteiger charge is 2.33. The van der Waals surface area contributed by atoms with Gasteiger partial charge in [-0.25, -0.2) is 4.79 Å². The molecule has 2 rings (SSSR count). The second-order valence-electron chi connectivity index (χ2n) is 11.7. The Labute approximate surface area is 260 Å². The monoisotopic (exact) mass is 616 g/mol. The zero-order chi connectivity index (χ0) is 33.1. The second-order valence-corrected chi connectivity index (χ2v) is 11.7. The van der Waals surface area contributed by atoms with Gasteiger partial charge in [0.1, 0.15) is 6.10 Å². The predicted octanol–water partition coefficient (Wildman–Crippen LogP) is 1.91. The summed E-state index contributed by atoms with van der Waals surface area (Å²) >= 11 is 0. The number of ketones is 2. The SMILES string of the molecule is COC1/C=C/C=C(C)C(=O)NC2=CC(=O)C(NCCN(C)C)=C(CC(C)CC(OC)C(O)C(C)C=C(C)C1OC(N)=O)C2=O. The molecule has 1 aliphatic carbocycles. The van der Waals surface area contributed by atoms with Gasteiger partial charge in [0.2, 0.25) is 11.6 Å². The number of amides is 2. The molecule has 5 N–H and O–H groups in total. The summed E-state index contributed by atoms with van der Waals surface area (Å²) in [5.41, 5.74) is 6.55. The first-order valence-corrected chi connectivity index (χ1v) is 14.7. The maximum atomic E-state index is 13.7. The lowest BCUT2D eigenvalue weighted by atomic mass is 9.85. The maximum absolute atomic E-state index is 13.7. The van der Waals surface area contributed by atoms with Gasteiger partial charge >= 0.3 is 6.09 Å². The van der Waals surface area contributed by atoms with E-state index >= 15 is 0 Å². The van der Waals surface area contributed by atoms with Crippen molar-refractivity contribution in [3.8, 4) is 0 Å². The van der Waals surface area contributed by atoms with E-state index in [1.54, 1.807) is 32.1 Å². The van der Waals surface area contributed by atoms with Crippen LogP contribution in [0.1, 0.15) is 40.5 Å². The van der Waals surface area contributed by atoms with Gasteiger partial charge in [0.25, 0.3) is 5.91 Å². The number of hydrogen-bond acceptors (Lipinski definition) is 10. The number of aliphatic hydroxyl groups excluding tert-OH is 1. The van der Waals surface area contributed by atoms with Crippen LogP contribution >= 0.6 is 0 Å². The van der Waals surface area contributed by atoms with Gasteiger partial charge in [0, 0.05) is 50.4 Å². The van der Waals surface area contributed by atoms with Gasteiger partial charge in [-0.2, -0.15) is 0 Å². The second kappa shape index (κ2) is 17.0. The van der Waals surface area contributed by atoms with E-state index < -0.39 is 53.9 Å². The molecule has 0 fully saturated rings. The molecule has 2 amide bonds. The van der Waals surface area contributed by atoms with Crippen LogP contribution in [-0.4, -0.2) is 99.4 Å². The van der Waals surface area contributed by atoms with Crippen molar-refractivity contribution in [1.29, 1.82) is 0 Å². The highest BCUT2D eigenvalue weighted by Crippen LogP contribution is 2.28. The molecule has 12 nitrogen and oxygen atoms in total. The van der Waals surface area contributed by atoms with E-state index in [1.165, 1.54) is 20.3 Å². The third-order valence-corrected chi connectivity index (χ3v) is 7.65. The summed E-state index contributed by atoms with van der Waals surface area (Å²) in [5.74, 6) is -2.06. The Hall–Kier alpha value is -3.58. The van der Waals surface area contributed by atoms with Gasteiger partial charge in [-0.1, -0.05) is 38.2 Å². The number of ether oxygens (including phenoxy) is 3. The minimum absolute atomic E-state index is 0.114. The standard InChI is InChI=1S/C32H48N4O8/c1-18-14-22-27(34-12-13-36(5)6)24(37)17-23(29(22)39)35-31(40)19(2)10-9-11-25(42-7)30(44-32(33)41)21(4)16-20(3)28(38)26(15-18)43-8/h9-11,16-18,20,25-26,28,30,34,38H,12-15H2,1-8H3,(H2,33,41)(H,35,40)/b11-9+,19-10?,21-16?. The van der Waals surface area contributed by atoms with Crippen LogP contribution in [0.3, 0.4) is 0 Å². The number of likely N-dealkylation sites (N-methyl/N-ethyl adjacent to an activating group) is 1.